The molecule has 5 nitrogen and oxygen atoms in total. The zero-order valence-electron chi connectivity index (χ0n) is 11.5. The highest BCUT2D eigenvalue weighted by molar-refractivity contribution is 9.10. The van der Waals surface area contributed by atoms with Crippen molar-refractivity contribution in [3.8, 4) is 5.75 Å². The molecule has 0 spiro atoms. The predicted molar refractivity (Wildman–Crippen MR) is 79.3 cm³/mol. The molecule has 20 heavy (non-hydrogen) atoms. The van der Waals surface area contributed by atoms with Crippen LogP contribution in [0.15, 0.2) is 27.6 Å². The normalized spacial score (nSPS) is 24.6. The van der Waals surface area contributed by atoms with Gasteiger partial charge < -0.3 is 9.84 Å². The summed E-state index contributed by atoms with van der Waals surface area (Å²) in [5.74, 6) is 0.578. The van der Waals surface area contributed by atoms with E-state index in [-0.39, 0.29) is 11.4 Å². The Kier molecular flexibility index (Phi) is 4.44. The zero-order valence-corrected chi connectivity index (χ0v) is 13.9. The van der Waals surface area contributed by atoms with Crippen molar-refractivity contribution < 1.29 is 18.3 Å². The van der Waals surface area contributed by atoms with E-state index in [9.17, 15) is 13.5 Å². The molecule has 1 saturated heterocycles. The molecule has 1 aliphatic heterocycles. The van der Waals surface area contributed by atoms with Crippen molar-refractivity contribution in [2.24, 2.45) is 0 Å². The minimum atomic E-state index is -3.59. The first-order valence-corrected chi connectivity index (χ1v) is 8.56. The summed E-state index contributed by atoms with van der Waals surface area (Å²) in [6, 6.07) is 4.65. The summed E-state index contributed by atoms with van der Waals surface area (Å²) in [5, 5.41) is 10.1. The van der Waals surface area contributed by atoms with Gasteiger partial charge in [0.2, 0.25) is 10.0 Å². The molecule has 7 heteroatoms. The molecule has 0 aliphatic carbocycles. The Bertz CT molecular complexity index is 600. The van der Waals surface area contributed by atoms with Crippen molar-refractivity contribution in [1.82, 2.24) is 4.31 Å². The Labute approximate surface area is 127 Å². The SMILES string of the molecule is COc1ccc(S(=O)(=O)N2CCCC(C)(O)C2)cc1Br. The fraction of sp³-hybridized carbons (Fsp3) is 0.538. The summed E-state index contributed by atoms with van der Waals surface area (Å²) >= 11 is 3.29. The number of nitrogens with zero attached hydrogens (tertiary/aromatic N) is 1. The van der Waals surface area contributed by atoms with Crippen LogP contribution in [0.2, 0.25) is 0 Å². The lowest BCUT2D eigenvalue weighted by atomic mass is 9.97. The highest BCUT2D eigenvalue weighted by Crippen LogP contribution is 2.31. The van der Waals surface area contributed by atoms with Crippen LogP contribution >= 0.6 is 15.9 Å². The van der Waals surface area contributed by atoms with Crippen LogP contribution in [0.5, 0.6) is 5.75 Å². The van der Waals surface area contributed by atoms with E-state index in [2.05, 4.69) is 15.9 Å². The van der Waals surface area contributed by atoms with Crippen LogP contribution in [0, 0.1) is 0 Å². The van der Waals surface area contributed by atoms with Gasteiger partial charge in [-0.25, -0.2) is 8.42 Å². The Morgan fingerprint density at radius 1 is 1.45 bits per heavy atom. The first-order chi connectivity index (χ1) is 9.26. The number of hydrogen-bond donors (Lipinski definition) is 1. The van der Waals surface area contributed by atoms with Crippen LogP contribution in [0.1, 0.15) is 19.8 Å². The summed E-state index contributed by atoms with van der Waals surface area (Å²) in [4.78, 5) is 0.197. The maximum absolute atomic E-state index is 12.6. The van der Waals surface area contributed by atoms with E-state index in [1.807, 2.05) is 0 Å². The molecule has 0 amide bonds. The molecule has 1 heterocycles. The van der Waals surface area contributed by atoms with Gasteiger partial charge in [0.05, 0.1) is 22.1 Å². The van der Waals surface area contributed by atoms with E-state index in [4.69, 9.17) is 4.74 Å². The van der Waals surface area contributed by atoms with Gasteiger partial charge in [0.15, 0.2) is 0 Å². The molecular weight excluding hydrogens is 346 g/mol. The number of sulfonamides is 1. The molecule has 1 N–H and O–H groups in total. The highest BCUT2D eigenvalue weighted by Gasteiger charge is 2.35. The molecule has 0 saturated carbocycles. The summed E-state index contributed by atoms with van der Waals surface area (Å²) < 4.78 is 32.2. The first kappa shape index (κ1) is 15.8. The third kappa shape index (κ3) is 3.16. The minimum Gasteiger partial charge on any atom is -0.496 e. The molecule has 2 rings (SSSR count). The van der Waals surface area contributed by atoms with Crippen LogP contribution < -0.4 is 4.74 Å². The van der Waals surface area contributed by atoms with Crippen LogP contribution in [0.25, 0.3) is 0 Å². The number of benzene rings is 1. The Morgan fingerprint density at radius 3 is 2.70 bits per heavy atom. The standard InChI is InChI=1S/C13H18BrNO4S/c1-13(16)6-3-7-15(9-13)20(17,18)10-4-5-12(19-2)11(14)8-10/h4-5,8,16H,3,6-7,9H2,1-2H3. The van der Waals surface area contributed by atoms with Gasteiger partial charge in [0, 0.05) is 13.1 Å². The minimum absolute atomic E-state index is 0.124. The van der Waals surface area contributed by atoms with Gasteiger partial charge in [-0.2, -0.15) is 4.31 Å². The maximum Gasteiger partial charge on any atom is 0.243 e. The number of methoxy groups -OCH3 is 1. The molecular formula is C13H18BrNO4S. The van der Waals surface area contributed by atoms with Gasteiger partial charge in [-0.15, -0.1) is 0 Å². The van der Waals surface area contributed by atoms with Crippen LogP contribution in [-0.4, -0.2) is 43.6 Å². The lowest BCUT2D eigenvalue weighted by Gasteiger charge is -2.35. The summed E-state index contributed by atoms with van der Waals surface area (Å²) in [5.41, 5.74) is -0.963. The second-order valence-electron chi connectivity index (χ2n) is 5.24. The highest BCUT2D eigenvalue weighted by atomic mass is 79.9. The number of β-amino-alcohol motifs (C(OH)–C–C–N with tert-alkyl or cyclic N) is 1. The Hall–Kier alpha value is -0.630. The molecule has 1 aromatic carbocycles. The van der Waals surface area contributed by atoms with Crippen molar-refractivity contribution >= 4 is 26.0 Å². The van der Waals surface area contributed by atoms with Gasteiger partial charge >= 0.3 is 0 Å². The Balaban J connectivity index is 2.33. The van der Waals surface area contributed by atoms with Gasteiger partial charge in [0.1, 0.15) is 5.75 Å². The van der Waals surface area contributed by atoms with Gasteiger partial charge in [-0.05, 0) is 53.9 Å². The Morgan fingerprint density at radius 2 is 2.15 bits per heavy atom. The van der Waals surface area contributed by atoms with E-state index in [0.717, 1.165) is 0 Å². The average Bonchev–Trinajstić information content (AvgIpc) is 2.37. The van der Waals surface area contributed by atoms with Crippen molar-refractivity contribution in [1.29, 1.82) is 0 Å². The number of rotatable bonds is 3. The van der Waals surface area contributed by atoms with E-state index in [1.165, 1.54) is 23.5 Å². The monoisotopic (exact) mass is 363 g/mol. The summed E-state index contributed by atoms with van der Waals surface area (Å²) in [7, 11) is -2.07. The predicted octanol–water partition coefficient (Wildman–Crippen LogP) is 1.99. The van der Waals surface area contributed by atoms with Gasteiger partial charge in [-0.1, -0.05) is 0 Å². The fourth-order valence-corrected chi connectivity index (χ4v) is 4.65. The lowest BCUT2D eigenvalue weighted by Crippen LogP contribution is -2.48. The van der Waals surface area contributed by atoms with Crippen molar-refractivity contribution in [2.75, 3.05) is 20.2 Å². The molecule has 1 unspecified atom stereocenters. The third-order valence-corrected chi connectivity index (χ3v) is 5.86. The number of hydrogen-bond acceptors (Lipinski definition) is 4. The molecule has 0 aromatic heterocycles. The summed E-state index contributed by atoms with van der Waals surface area (Å²) in [6.45, 7) is 2.22. The second-order valence-corrected chi connectivity index (χ2v) is 8.03. The van der Waals surface area contributed by atoms with Crippen LogP contribution in [0.4, 0.5) is 0 Å². The number of halogens is 1. The smallest absolute Gasteiger partial charge is 0.243 e. The maximum atomic E-state index is 12.6. The van der Waals surface area contributed by atoms with E-state index in [1.54, 1.807) is 13.0 Å². The van der Waals surface area contributed by atoms with E-state index >= 15 is 0 Å². The number of ether oxygens (including phenoxy) is 1. The number of piperidine rings is 1. The molecule has 1 aliphatic rings. The average molecular weight is 364 g/mol. The van der Waals surface area contributed by atoms with E-state index < -0.39 is 15.6 Å². The lowest BCUT2D eigenvalue weighted by molar-refractivity contribution is 0.00940. The molecule has 0 bridgehead atoms. The largest absolute Gasteiger partial charge is 0.496 e. The summed E-state index contributed by atoms with van der Waals surface area (Å²) in [6.07, 6.45) is 1.27. The van der Waals surface area contributed by atoms with Gasteiger partial charge in [-0.3, -0.25) is 0 Å². The molecule has 1 atom stereocenters. The topological polar surface area (TPSA) is 66.8 Å². The quantitative estimate of drug-likeness (QED) is 0.891. The molecule has 0 radical (unpaired) electrons. The van der Waals surface area contributed by atoms with E-state index in [0.29, 0.717) is 29.6 Å². The fourth-order valence-electron chi connectivity index (χ4n) is 2.34. The zero-order chi connectivity index (χ0) is 15.0. The second kappa shape index (κ2) is 5.63. The van der Waals surface area contributed by atoms with Crippen LogP contribution in [-0.2, 0) is 10.0 Å². The van der Waals surface area contributed by atoms with Gasteiger partial charge in [0.25, 0.3) is 0 Å². The first-order valence-electron chi connectivity index (χ1n) is 6.32. The molecule has 1 fully saturated rings. The van der Waals surface area contributed by atoms with Crippen molar-refractivity contribution in [2.45, 2.75) is 30.3 Å². The van der Waals surface area contributed by atoms with Crippen molar-refractivity contribution in [3.63, 3.8) is 0 Å². The van der Waals surface area contributed by atoms with Crippen LogP contribution in [0.3, 0.4) is 0 Å². The number of aliphatic hydroxyl groups is 1. The molecule has 1 aromatic rings. The van der Waals surface area contributed by atoms with Crippen molar-refractivity contribution in [3.05, 3.63) is 22.7 Å². The molecule has 112 valence electrons. The third-order valence-electron chi connectivity index (χ3n) is 3.40.